The third-order valence-electron chi connectivity index (χ3n) is 3.58. The maximum atomic E-state index is 11.9. The van der Waals surface area contributed by atoms with Gasteiger partial charge < -0.3 is 10.0 Å². The summed E-state index contributed by atoms with van der Waals surface area (Å²) in [6.07, 6.45) is 4.39. The Morgan fingerprint density at radius 2 is 2.05 bits per heavy atom. The number of aliphatic carboxylic acids is 1. The van der Waals surface area contributed by atoms with Gasteiger partial charge in [0.25, 0.3) is 0 Å². The van der Waals surface area contributed by atoms with Gasteiger partial charge in [-0.3, -0.25) is 10.1 Å². The van der Waals surface area contributed by atoms with Crippen molar-refractivity contribution in [1.29, 1.82) is 0 Å². The van der Waals surface area contributed by atoms with E-state index < -0.39 is 11.9 Å². The summed E-state index contributed by atoms with van der Waals surface area (Å²) < 4.78 is 0. The van der Waals surface area contributed by atoms with E-state index in [0.717, 1.165) is 25.0 Å². The molecule has 0 radical (unpaired) electrons. The molecular formula is C12H15N3O3S. The van der Waals surface area contributed by atoms with E-state index in [0.29, 0.717) is 5.13 Å². The standard InChI is InChI=1S/C12H15N3O3S/c16-10(17)7-5-15(6-7)12(18)14-11-13-8-3-1-2-4-9(8)19-11/h7H,1-6H2,(H,16,17)(H,13,14,18). The van der Waals surface area contributed by atoms with Gasteiger partial charge in [-0.25, -0.2) is 9.78 Å². The summed E-state index contributed by atoms with van der Waals surface area (Å²) in [5.74, 6) is -1.26. The maximum Gasteiger partial charge on any atom is 0.323 e. The molecule has 1 aliphatic carbocycles. The van der Waals surface area contributed by atoms with E-state index in [1.807, 2.05) is 0 Å². The molecule has 1 fully saturated rings. The van der Waals surface area contributed by atoms with Gasteiger partial charge in [0.05, 0.1) is 11.6 Å². The lowest BCUT2D eigenvalue weighted by Gasteiger charge is -2.36. The molecule has 0 unspecified atom stereocenters. The van der Waals surface area contributed by atoms with Crippen LogP contribution in [0.3, 0.4) is 0 Å². The van der Waals surface area contributed by atoms with Crippen molar-refractivity contribution in [3.05, 3.63) is 10.6 Å². The molecule has 2 N–H and O–H groups in total. The molecule has 2 aliphatic rings. The molecule has 0 spiro atoms. The van der Waals surface area contributed by atoms with E-state index >= 15 is 0 Å². The van der Waals surface area contributed by atoms with Crippen molar-refractivity contribution in [2.24, 2.45) is 5.92 Å². The Balaban J connectivity index is 1.58. The highest BCUT2D eigenvalue weighted by molar-refractivity contribution is 7.15. The number of aromatic nitrogens is 1. The summed E-state index contributed by atoms with van der Waals surface area (Å²) >= 11 is 1.54. The van der Waals surface area contributed by atoms with Crippen LogP contribution >= 0.6 is 11.3 Å². The summed E-state index contributed by atoms with van der Waals surface area (Å²) in [4.78, 5) is 29.7. The highest BCUT2D eigenvalue weighted by atomic mass is 32.1. The first-order valence-corrected chi connectivity index (χ1v) is 7.22. The SMILES string of the molecule is O=C(O)C1CN(C(=O)Nc2nc3c(s2)CCCC3)C1. The van der Waals surface area contributed by atoms with Crippen LogP contribution in [0.2, 0.25) is 0 Å². The summed E-state index contributed by atoms with van der Waals surface area (Å²) in [7, 11) is 0. The van der Waals surface area contributed by atoms with E-state index in [9.17, 15) is 9.59 Å². The molecule has 3 rings (SSSR count). The Morgan fingerprint density at radius 1 is 1.32 bits per heavy atom. The number of hydrogen-bond donors (Lipinski definition) is 2. The molecule has 0 bridgehead atoms. The van der Waals surface area contributed by atoms with Crippen molar-refractivity contribution in [1.82, 2.24) is 9.88 Å². The van der Waals surface area contributed by atoms with Crippen molar-refractivity contribution >= 4 is 28.5 Å². The number of nitrogens with zero attached hydrogens (tertiary/aromatic N) is 2. The summed E-state index contributed by atoms with van der Waals surface area (Å²) in [5, 5.41) is 12.2. The number of carboxylic acid groups (broad SMARTS) is 1. The quantitative estimate of drug-likeness (QED) is 0.862. The second-order valence-electron chi connectivity index (χ2n) is 4.97. The fourth-order valence-corrected chi connectivity index (χ4v) is 3.42. The zero-order valence-corrected chi connectivity index (χ0v) is 11.2. The van der Waals surface area contributed by atoms with Crippen LogP contribution < -0.4 is 5.32 Å². The van der Waals surface area contributed by atoms with E-state index in [2.05, 4.69) is 10.3 Å². The zero-order valence-electron chi connectivity index (χ0n) is 10.4. The van der Waals surface area contributed by atoms with Gasteiger partial charge in [0.2, 0.25) is 0 Å². The molecule has 1 aromatic rings. The van der Waals surface area contributed by atoms with Crippen molar-refractivity contribution in [3.63, 3.8) is 0 Å². The number of amides is 2. The van der Waals surface area contributed by atoms with Crippen LogP contribution in [0.1, 0.15) is 23.4 Å². The van der Waals surface area contributed by atoms with Gasteiger partial charge in [-0.2, -0.15) is 0 Å². The molecule has 19 heavy (non-hydrogen) atoms. The van der Waals surface area contributed by atoms with E-state index in [1.165, 1.54) is 27.5 Å². The van der Waals surface area contributed by atoms with Gasteiger partial charge in [0, 0.05) is 18.0 Å². The van der Waals surface area contributed by atoms with Crippen LogP contribution in [0, 0.1) is 5.92 Å². The number of thiazole rings is 1. The molecule has 1 aliphatic heterocycles. The van der Waals surface area contributed by atoms with Crippen molar-refractivity contribution in [2.75, 3.05) is 18.4 Å². The van der Waals surface area contributed by atoms with E-state index in [1.54, 1.807) is 0 Å². The Morgan fingerprint density at radius 3 is 2.74 bits per heavy atom. The van der Waals surface area contributed by atoms with Gasteiger partial charge in [0.15, 0.2) is 5.13 Å². The first-order valence-electron chi connectivity index (χ1n) is 6.41. The predicted octanol–water partition coefficient (Wildman–Crippen LogP) is 1.57. The van der Waals surface area contributed by atoms with E-state index in [-0.39, 0.29) is 19.1 Å². The topological polar surface area (TPSA) is 82.5 Å². The predicted molar refractivity (Wildman–Crippen MR) is 70.5 cm³/mol. The smallest absolute Gasteiger partial charge is 0.323 e. The van der Waals surface area contributed by atoms with Crippen molar-refractivity contribution < 1.29 is 14.7 Å². The lowest BCUT2D eigenvalue weighted by Crippen LogP contribution is -2.54. The molecule has 7 heteroatoms. The molecule has 1 aromatic heterocycles. The highest BCUT2D eigenvalue weighted by Crippen LogP contribution is 2.30. The third-order valence-corrected chi connectivity index (χ3v) is 4.65. The van der Waals surface area contributed by atoms with Gasteiger partial charge in [-0.05, 0) is 25.7 Å². The average Bonchev–Trinajstić information content (AvgIpc) is 2.67. The molecule has 0 atom stereocenters. The summed E-state index contributed by atoms with van der Waals surface area (Å²) in [5.41, 5.74) is 1.11. The van der Waals surface area contributed by atoms with Gasteiger partial charge >= 0.3 is 12.0 Å². The molecule has 2 amide bonds. The molecule has 0 saturated carbocycles. The van der Waals surface area contributed by atoms with Crippen LogP contribution in [0.5, 0.6) is 0 Å². The number of nitrogens with one attached hydrogen (secondary N) is 1. The highest BCUT2D eigenvalue weighted by Gasteiger charge is 2.35. The van der Waals surface area contributed by atoms with Gasteiger partial charge in [0.1, 0.15) is 0 Å². The second kappa shape index (κ2) is 4.80. The molecule has 6 nitrogen and oxygen atoms in total. The zero-order chi connectivity index (χ0) is 13.4. The fourth-order valence-electron chi connectivity index (χ4n) is 2.38. The number of urea groups is 1. The second-order valence-corrected chi connectivity index (χ2v) is 6.05. The lowest BCUT2D eigenvalue weighted by molar-refractivity contribution is -0.145. The number of carbonyl (C=O) groups excluding carboxylic acids is 1. The number of hydrogen-bond acceptors (Lipinski definition) is 4. The first kappa shape index (κ1) is 12.4. The molecule has 1 saturated heterocycles. The Kier molecular flexibility index (Phi) is 3.14. The first-order chi connectivity index (χ1) is 9.13. The number of rotatable bonds is 2. The minimum absolute atomic E-state index is 0.247. The third kappa shape index (κ3) is 2.42. The fraction of sp³-hybridized carbons (Fsp3) is 0.583. The Labute approximate surface area is 114 Å². The molecule has 0 aromatic carbocycles. The molecular weight excluding hydrogens is 266 g/mol. The van der Waals surface area contributed by atoms with E-state index in [4.69, 9.17) is 5.11 Å². The number of anilines is 1. The van der Waals surface area contributed by atoms with Gasteiger partial charge in [-0.1, -0.05) is 0 Å². The molecule has 102 valence electrons. The Hall–Kier alpha value is -1.63. The summed E-state index contributed by atoms with van der Waals surface area (Å²) in [6.45, 7) is 0.568. The van der Waals surface area contributed by atoms with Crippen LogP contribution in [0.15, 0.2) is 0 Å². The number of carboxylic acids is 1. The Bertz CT molecular complexity index is 499. The van der Waals surface area contributed by atoms with Crippen LogP contribution in [-0.2, 0) is 17.6 Å². The molecule has 2 heterocycles. The van der Waals surface area contributed by atoms with Crippen molar-refractivity contribution in [3.8, 4) is 0 Å². The maximum absolute atomic E-state index is 11.9. The number of aryl methyl sites for hydroxylation is 2. The summed E-state index contributed by atoms with van der Waals surface area (Å²) in [6, 6.07) is -0.247. The lowest BCUT2D eigenvalue weighted by atomic mass is 10.0. The van der Waals surface area contributed by atoms with Crippen LogP contribution in [0.25, 0.3) is 0 Å². The number of carbonyl (C=O) groups is 2. The minimum Gasteiger partial charge on any atom is -0.481 e. The number of likely N-dealkylation sites (tertiary alicyclic amines) is 1. The normalized spacial score (nSPS) is 18.6. The van der Waals surface area contributed by atoms with Gasteiger partial charge in [-0.15, -0.1) is 11.3 Å². The van der Waals surface area contributed by atoms with Crippen LogP contribution in [0.4, 0.5) is 9.93 Å². The van der Waals surface area contributed by atoms with Crippen LogP contribution in [-0.4, -0.2) is 40.1 Å². The monoisotopic (exact) mass is 281 g/mol. The average molecular weight is 281 g/mol. The minimum atomic E-state index is -0.839. The largest absolute Gasteiger partial charge is 0.481 e. The number of fused-ring (bicyclic) bond motifs is 1. The van der Waals surface area contributed by atoms with Crippen molar-refractivity contribution in [2.45, 2.75) is 25.7 Å².